The summed E-state index contributed by atoms with van der Waals surface area (Å²) in [5, 5.41) is 37.8. The molecule has 0 spiro atoms. The van der Waals surface area contributed by atoms with Gasteiger partial charge in [0.2, 0.25) is 17.7 Å². The van der Waals surface area contributed by atoms with Crippen LogP contribution in [-0.2, 0) is 32.0 Å². The molecule has 0 bridgehead atoms. The van der Waals surface area contributed by atoms with Crippen LogP contribution in [-0.4, -0.2) is 69.0 Å². The van der Waals surface area contributed by atoms with Crippen molar-refractivity contribution in [2.24, 2.45) is 5.73 Å². The third-order valence-corrected chi connectivity index (χ3v) is 7.06. The number of nitrogens with one attached hydrogen (secondary N) is 3. The van der Waals surface area contributed by atoms with E-state index < -0.39 is 65.2 Å². The molecular weight excluding hydrogens is 616 g/mol. The fourth-order valence-electron chi connectivity index (χ4n) is 4.70. The van der Waals surface area contributed by atoms with Gasteiger partial charge in [0.25, 0.3) is 5.89 Å². The first kappa shape index (κ1) is 32.1. The van der Waals surface area contributed by atoms with Crippen LogP contribution in [0.2, 0.25) is 0 Å². The minimum Gasteiger partial charge on any atom is -0.502 e. The number of carbonyl (C=O) groups excluding carboxylic acids is 3. The van der Waals surface area contributed by atoms with Gasteiger partial charge in [-0.05, 0) is 47.9 Å². The highest BCUT2D eigenvalue weighted by Crippen LogP contribution is 2.30. The highest BCUT2D eigenvalue weighted by Gasteiger charge is 2.23. The summed E-state index contributed by atoms with van der Waals surface area (Å²) in [5.41, 5.74) is 8.06. The zero-order valence-electron chi connectivity index (χ0n) is 24.5. The molecule has 0 aliphatic heterocycles. The van der Waals surface area contributed by atoms with Crippen LogP contribution in [0.5, 0.6) is 5.75 Å². The number of para-hydroxylation sites is 1. The van der Waals surface area contributed by atoms with E-state index >= 15 is 0 Å². The summed E-state index contributed by atoms with van der Waals surface area (Å²) in [6, 6.07) is 15.3. The molecule has 5 aromatic rings. The summed E-state index contributed by atoms with van der Waals surface area (Å²) in [6.07, 6.45) is -0.199. The van der Waals surface area contributed by atoms with Crippen LogP contribution in [0.25, 0.3) is 33.7 Å². The number of hydrogen-bond donors (Lipinski definition) is 6. The molecule has 0 aliphatic rings. The number of oxazole rings is 1. The Bertz CT molecular complexity index is 1970. The number of rotatable bonds is 13. The first-order valence-electron chi connectivity index (χ1n) is 14.1. The van der Waals surface area contributed by atoms with E-state index in [0.29, 0.717) is 33.9 Å². The van der Waals surface area contributed by atoms with Crippen molar-refractivity contribution in [1.29, 1.82) is 0 Å². The number of furan rings is 1. The lowest BCUT2D eigenvalue weighted by atomic mass is 10.0. The maximum absolute atomic E-state index is 12.5. The second-order valence-electron chi connectivity index (χ2n) is 10.5. The van der Waals surface area contributed by atoms with Crippen LogP contribution in [0.3, 0.4) is 0 Å². The lowest BCUT2D eigenvalue weighted by Gasteiger charge is -2.15. The molecule has 16 nitrogen and oxygen atoms in total. The van der Waals surface area contributed by atoms with Crippen LogP contribution in [0.1, 0.15) is 11.1 Å². The van der Waals surface area contributed by atoms with Gasteiger partial charge in [-0.25, -0.2) is 9.78 Å². The number of hydrogen-bond acceptors (Lipinski definition) is 11. The molecule has 2 aromatic heterocycles. The molecule has 5 rings (SSSR count). The van der Waals surface area contributed by atoms with E-state index in [-0.39, 0.29) is 18.4 Å². The van der Waals surface area contributed by atoms with Crippen molar-refractivity contribution >= 4 is 51.4 Å². The summed E-state index contributed by atoms with van der Waals surface area (Å²) in [7, 11) is 0. The monoisotopic (exact) mass is 644 g/mol. The SMILES string of the molecule is N[C@@H](Cc1ccc2oc(-c3cc4ccccc4o3)nc2c1)C(=O)NCC(=O)NCC(=O)N[C@@H](Cc1ccc(O)c([N+](=O)[O-])c1)C(=O)O. The summed E-state index contributed by atoms with van der Waals surface area (Å²) in [5.74, 6) is -3.44. The van der Waals surface area contributed by atoms with Crippen molar-refractivity contribution in [1.82, 2.24) is 20.9 Å². The number of carboxylic acids is 1. The van der Waals surface area contributed by atoms with Gasteiger partial charge in [0.05, 0.1) is 24.1 Å². The Balaban J connectivity index is 1.08. The molecule has 3 amide bonds. The number of nitrogens with zero attached hydrogens (tertiary/aromatic N) is 2. The molecule has 242 valence electrons. The van der Waals surface area contributed by atoms with E-state index in [2.05, 4.69) is 20.9 Å². The zero-order chi connectivity index (χ0) is 33.7. The van der Waals surface area contributed by atoms with Gasteiger partial charge in [0.15, 0.2) is 17.1 Å². The number of amides is 3. The highest BCUT2D eigenvalue weighted by molar-refractivity contribution is 5.91. The summed E-state index contributed by atoms with van der Waals surface area (Å²) in [4.78, 5) is 63.4. The topological polar surface area (TPSA) is 253 Å². The van der Waals surface area contributed by atoms with Crippen molar-refractivity contribution in [2.75, 3.05) is 13.1 Å². The first-order chi connectivity index (χ1) is 22.5. The van der Waals surface area contributed by atoms with Crippen molar-refractivity contribution in [3.05, 3.63) is 88.0 Å². The minimum atomic E-state index is -1.48. The molecule has 0 radical (unpaired) electrons. The Morgan fingerprint density at radius 3 is 2.36 bits per heavy atom. The number of carboxylic acid groups (broad SMARTS) is 1. The van der Waals surface area contributed by atoms with Gasteiger partial charge < -0.3 is 40.7 Å². The number of nitro benzene ring substituents is 1. The van der Waals surface area contributed by atoms with Gasteiger partial charge in [0, 0.05) is 17.9 Å². The third-order valence-electron chi connectivity index (χ3n) is 7.06. The highest BCUT2D eigenvalue weighted by atomic mass is 16.6. The van der Waals surface area contributed by atoms with Crippen LogP contribution in [0.4, 0.5) is 5.69 Å². The normalized spacial score (nSPS) is 12.4. The van der Waals surface area contributed by atoms with Gasteiger partial charge in [-0.2, -0.15) is 0 Å². The molecule has 2 atom stereocenters. The fourth-order valence-corrected chi connectivity index (χ4v) is 4.70. The lowest BCUT2D eigenvalue weighted by Crippen LogP contribution is -2.49. The van der Waals surface area contributed by atoms with Crippen molar-refractivity contribution < 1.29 is 43.1 Å². The van der Waals surface area contributed by atoms with Crippen molar-refractivity contribution in [3.63, 3.8) is 0 Å². The number of nitro groups is 1. The molecule has 0 saturated heterocycles. The maximum Gasteiger partial charge on any atom is 0.326 e. The van der Waals surface area contributed by atoms with Crippen LogP contribution in [0, 0.1) is 10.1 Å². The summed E-state index contributed by atoms with van der Waals surface area (Å²) < 4.78 is 11.6. The molecule has 0 fully saturated rings. The predicted octanol–water partition coefficient (Wildman–Crippen LogP) is 1.77. The molecule has 0 saturated carbocycles. The minimum absolute atomic E-state index is 0.124. The maximum atomic E-state index is 12.5. The molecule has 0 aliphatic carbocycles. The first-order valence-corrected chi connectivity index (χ1v) is 14.1. The van der Waals surface area contributed by atoms with Crippen LogP contribution >= 0.6 is 0 Å². The smallest absolute Gasteiger partial charge is 0.326 e. The number of nitrogens with two attached hydrogens (primary N) is 1. The number of phenols is 1. The summed E-state index contributed by atoms with van der Waals surface area (Å²) >= 11 is 0. The summed E-state index contributed by atoms with van der Waals surface area (Å²) in [6.45, 7) is -1.10. The Morgan fingerprint density at radius 2 is 1.62 bits per heavy atom. The molecule has 0 unspecified atom stereocenters. The van der Waals surface area contributed by atoms with Gasteiger partial charge in [-0.15, -0.1) is 0 Å². The average Bonchev–Trinajstić information content (AvgIpc) is 3.67. The van der Waals surface area contributed by atoms with E-state index in [9.17, 15) is 39.5 Å². The van der Waals surface area contributed by atoms with Crippen molar-refractivity contribution in [2.45, 2.75) is 24.9 Å². The quantitative estimate of drug-likeness (QED) is 0.0792. The third kappa shape index (κ3) is 7.87. The van der Waals surface area contributed by atoms with E-state index in [4.69, 9.17) is 14.6 Å². The van der Waals surface area contributed by atoms with E-state index in [0.717, 1.165) is 17.5 Å². The number of aliphatic carboxylic acids is 1. The molecule has 7 N–H and O–H groups in total. The molecule has 47 heavy (non-hydrogen) atoms. The standard InChI is InChI=1S/C31H28N6O10/c32-19(9-16-6-8-25-20(10-16)36-30(47-25)26-13-18-3-1-2-4-24(18)46-26)29(41)34-14-27(39)33-15-28(40)35-21(31(42)43)11-17-5-7-23(38)22(12-17)37(44)45/h1-8,10,12-13,19,21,38H,9,11,14-15,32H2,(H,33,39)(H,34,41)(H,35,40)(H,42,43)/t19-,21-/m0/s1. The van der Waals surface area contributed by atoms with Gasteiger partial charge in [-0.3, -0.25) is 24.5 Å². The van der Waals surface area contributed by atoms with E-state index in [1.165, 1.54) is 6.07 Å². The average molecular weight is 645 g/mol. The molecule has 2 heterocycles. The predicted molar refractivity (Wildman–Crippen MR) is 165 cm³/mol. The number of aromatic nitrogens is 1. The van der Waals surface area contributed by atoms with Gasteiger partial charge >= 0.3 is 11.7 Å². The number of phenolic OH excluding ortho intramolecular Hbond substituents is 1. The number of fused-ring (bicyclic) bond motifs is 2. The Morgan fingerprint density at radius 1 is 0.894 bits per heavy atom. The van der Waals surface area contributed by atoms with E-state index in [1.807, 2.05) is 30.3 Å². The second-order valence-corrected chi connectivity index (χ2v) is 10.5. The fraction of sp³-hybridized carbons (Fsp3) is 0.194. The second kappa shape index (κ2) is 13.8. The van der Waals surface area contributed by atoms with Gasteiger partial charge in [0.1, 0.15) is 17.1 Å². The zero-order valence-corrected chi connectivity index (χ0v) is 24.5. The Kier molecular flexibility index (Phi) is 9.42. The van der Waals surface area contributed by atoms with E-state index in [1.54, 1.807) is 18.2 Å². The Hall–Kier alpha value is -6.29. The van der Waals surface area contributed by atoms with Crippen LogP contribution < -0.4 is 21.7 Å². The Labute approximate surface area is 264 Å². The number of benzene rings is 3. The largest absolute Gasteiger partial charge is 0.502 e. The molecular formula is C31H28N6O10. The number of aromatic hydroxyl groups is 1. The molecule has 16 heteroatoms. The molecule has 3 aromatic carbocycles. The van der Waals surface area contributed by atoms with Crippen LogP contribution in [0.15, 0.2) is 75.6 Å². The van der Waals surface area contributed by atoms with Crippen molar-refractivity contribution in [3.8, 4) is 17.4 Å². The number of carbonyl (C=O) groups is 4. The lowest BCUT2D eigenvalue weighted by molar-refractivity contribution is -0.385. The van der Waals surface area contributed by atoms with Gasteiger partial charge in [-0.1, -0.05) is 30.3 Å².